The number of aryl methyl sites for hydroxylation is 1. The number of hydrogen-bond acceptors (Lipinski definition) is 4. The number of rotatable bonds is 5. The Kier molecular flexibility index (Phi) is 5.14. The molecule has 0 radical (unpaired) electrons. The van der Waals surface area contributed by atoms with Crippen LogP contribution in [0.25, 0.3) is 6.08 Å². The first-order valence-corrected chi connectivity index (χ1v) is 6.76. The molecule has 2 rings (SSSR count). The summed E-state index contributed by atoms with van der Waals surface area (Å²) >= 11 is 0. The van der Waals surface area contributed by atoms with E-state index in [4.69, 9.17) is 9.47 Å². The van der Waals surface area contributed by atoms with Gasteiger partial charge in [0.15, 0.2) is 0 Å². The van der Waals surface area contributed by atoms with Gasteiger partial charge in [-0.05, 0) is 48.9 Å². The molecule has 0 saturated heterocycles. The summed E-state index contributed by atoms with van der Waals surface area (Å²) in [6.07, 6.45) is 4.76. The number of nitrogens with one attached hydrogen (secondary N) is 1. The van der Waals surface area contributed by atoms with Gasteiger partial charge in [-0.2, -0.15) is 0 Å². The zero-order valence-electron chi connectivity index (χ0n) is 12.8. The van der Waals surface area contributed by atoms with E-state index in [1.807, 2.05) is 13.0 Å². The second-order valence-corrected chi connectivity index (χ2v) is 4.65. The van der Waals surface area contributed by atoms with Crippen molar-refractivity contribution in [2.75, 3.05) is 19.5 Å². The van der Waals surface area contributed by atoms with Crippen LogP contribution in [0.4, 0.5) is 5.82 Å². The lowest BCUT2D eigenvalue weighted by molar-refractivity contribution is -0.111. The van der Waals surface area contributed by atoms with Crippen molar-refractivity contribution in [3.63, 3.8) is 0 Å². The van der Waals surface area contributed by atoms with Crippen LogP contribution in [-0.2, 0) is 4.79 Å². The molecule has 1 N–H and O–H groups in total. The van der Waals surface area contributed by atoms with Crippen LogP contribution < -0.4 is 14.8 Å². The van der Waals surface area contributed by atoms with Crippen molar-refractivity contribution in [1.82, 2.24) is 4.98 Å². The Morgan fingerprint density at radius 1 is 1.18 bits per heavy atom. The third-order valence-corrected chi connectivity index (χ3v) is 3.02. The summed E-state index contributed by atoms with van der Waals surface area (Å²) in [5.74, 6) is 1.62. The summed E-state index contributed by atoms with van der Waals surface area (Å²) in [5, 5.41) is 2.71. The van der Waals surface area contributed by atoms with E-state index in [1.165, 1.54) is 6.08 Å². The lowest BCUT2D eigenvalue weighted by Gasteiger charge is -2.07. The standard InChI is InChI=1S/C17H18N2O3/c1-12-8-9-18-16(10-12)19-17(20)7-4-13-11-14(21-2)5-6-15(13)22-3/h4-11H,1-3H3,(H,18,19,20)/b7-4+. The number of aromatic nitrogens is 1. The van der Waals surface area contributed by atoms with Gasteiger partial charge in [0.1, 0.15) is 17.3 Å². The molecule has 114 valence electrons. The van der Waals surface area contributed by atoms with Crippen molar-refractivity contribution >= 4 is 17.8 Å². The number of nitrogens with zero attached hydrogens (tertiary/aromatic N) is 1. The average Bonchev–Trinajstić information content (AvgIpc) is 2.52. The summed E-state index contributed by atoms with van der Waals surface area (Å²) in [7, 11) is 3.17. The molecule has 5 heteroatoms. The van der Waals surface area contributed by atoms with Gasteiger partial charge in [-0.1, -0.05) is 0 Å². The van der Waals surface area contributed by atoms with Gasteiger partial charge in [0.05, 0.1) is 14.2 Å². The smallest absolute Gasteiger partial charge is 0.249 e. The minimum absolute atomic E-state index is 0.261. The SMILES string of the molecule is COc1ccc(OC)c(/C=C/C(=O)Nc2cc(C)ccn2)c1. The number of pyridine rings is 1. The monoisotopic (exact) mass is 298 g/mol. The molecule has 1 amide bonds. The second kappa shape index (κ2) is 7.26. The van der Waals surface area contributed by atoms with Crippen molar-refractivity contribution in [2.24, 2.45) is 0 Å². The molecule has 2 aromatic rings. The van der Waals surface area contributed by atoms with E-state index in [9.17, 15) is 4.79 Å². The predicted molar refractivity (Wildman–Crippen MR) is 86.2 cm³/mol. The summed E-state index contributed by atoms with van der Waals surface area (Å²) in [4.78, 5) is 16.0. The van der Waals surface area contributed by atoms with Crippen LogP contribution in [0.2, 0.25) is 0 Å². The number of anilines is 1. The molecule has 0 spiro atoms. The number of benzene rings is 1. The minimum atomic E-state index is -0.261. The molecule has 0 aliphatic carbocycles. The highest BCUT2D eigenvalue weighted by molar-refractivity contribution is 6.01. The number of carbonyl (C=O) groups is 1. The molecule has 0 bridgehead atoms. The van der Waals surface area contributed by atoms with E-state index in [0.29, 0.717) is 17.3 Å². The highest BCUT2D eigenvalue weighted by Crippen LogP contribution is 2.25. The fourth-order valence-corrected chi connectivity index (χ4v) is 1.91. The van der Waals surface area contributed by atoms with Gasteiger partial charge in [0, 0.05) is 17.8 Å². The maximum Gasteiger partial charge on any atom is 0.249 e. The van der Waals surface area contributed by atoms with Crippen LogP contribution in [0, 0.1) is 6.92 Å². The quantitative estimate of drug-likeness (QED) is 0.862. The first kappa shape index (κ1) is 15.6. The molecule has 22 heavy (non-hydrogen) atoms. The zero-order valence-corrected chi connectivity index (χ0v) is 12.8. The Hall–Kier alpha value is -2.82. The van der Waals surface area contributed by atoms with E-state index in [-0.39, 0.29) is 5.91 Å². The van der Waals surface area contributed by atoms with Gasteiger partial charge in [0.25, 0.3) is 0 Å². The van der Waals surface area contributed by atoms with E-state index in [2.05, 4.69) is 10.3 Å². The van der Waals surface area contributed by atoms with Crippen LogP contribution in [0.3, 0.4) is 0 Å². The van der Waals surface area contributed by atoms with Crippen molar-refractivity contribution in [1.29, 1.82) is 0 Å². The number of hydrogen-bond donors (Lipinski definition) is 1. The fourth-order valence-electron chi connectivity index (χ4n) is 1.91. The predicted octanol–water partition coefficient (Wildman–Crippen LogP) is 3.06. The molecule has 0 saturated carbocycles. The van der Waals surface area contributed by atoms with E-state index in [0.717, 1.165) is 11.1 Å². The first-order chi connectivity index (χ1) is 10.6. The Morgan fingerprint density at radius 3 is 2.68 bits per heavy atom. The van der Waals surface area contributed by atoms with Gasteiger partial charge < -0.3 is 14.8 Å². The van der Waals surface area contributed by atoms with Crippen molar-refractivity contribution in [2.45, 2.75) is 6.92 Å². The van der Waals surface area contributed by atoms with Gasteiger partial charge in [-0.15, -0.1) is 0 Å². The van der Waals surface area contributed by atoms with Gasteiger partial charge >= 0.3 is 0 Å². The third-order valence-electron chi connectivity index (χ3n) is 3.02. The van der Waals surface area contributed by atoms with Crippen LogP contribution in [0.1, 0.15) is 11.1 Å². The highest BCUT2D eigenvalue weighted by Gasteiger charge is 2.04. The minimum Gasteiger partial charge on any atom is -0.497 e. The number of methoxy groups -OCH3 is 2. The summed E-state index contributed by atoms with van der Waals surface area (Å²) < 4.78 is 10.4. The Bertz CT molecular complexity index is 696. The highest BCUT2D eigenvalue weighted by atomic mass is 16.5. The molecule has 0 aliphatic rings. The zero-order chi connectivity index (χ0) is 15.9. The Balaban J connectivity index is 2.12. The van der Waals surface area contributed by atoms with Gasteiger partial charge in [-0.25, -0.2) is 4.98 Å². The van der Waals surface area contributed by atoms with Crippen LogP contribution >= 0.6 is 0 Å². The maximum atomic E-state index is 11.9. The molecular formula is C17H18N2O3. The van der Waals surface area contributed by atoms with E-state index < -0.39 is 0 Å². The second-order valence-electron chi connectivity index (χ2n) is 4.65. The molecule has 1 heterocycles. The molecule has 0 atom stereocenters. The topological polar surface area (TPSA) is 60.5 Å². The largest absolute Gasteiger partial charge is 0.497 e. The lowest BCUT2D eigenvalue weighted by Crippen LogP contribution is -2.09. The van der Waals surface area contributed by atoms with Gasteiger partial charge in [-0.3, -0.25) is 4.79 Å². The maximum absolute atomic E-state index is 11.9. The fraction of sp³-hybridized carbons (Fsp3) is 0.176. The van der Waals surface area contributed by atoms with Crippen molar-refractivity contribution in [3.05, 3.63) is 53.7 Å². The van der Waals surface area contributed by atoms with Crippen LogP contribution in [0.5, 0.6) is 11.5 Å². The number of ether oxygens (including phenoxy) is 2. The van der Waals surface area contributed by atoms with Crippen molar-refractivity contribution in [3.8, 4) is 11.5 Å². The molecular weight excluding hydrogens is 280 g/mol. The average molecular weight is 298 g/mol. The molecule has 0 unspecified atom stereocenters. The number of carbonyl (C=O) groups excluding carboxylic acids is 1. The van der Waals surface area contributed by atoms with E-state index in [1.54, 1.807) is 50.8 Å². The van der Waals surface area contributed by atoms with E-state index >= 15 is 0 Å². The molecule has 0 fully saturated rings. The molecule has 1 aromatic heterocycles. The molecule has 1 aromatic carbocycles. The van der Waals surface area contributed by atoms with Crippen LogP contribution in [0.15, 0.2) is 42.6 Å². The summed E-state index contributed by atoms with van der Waals surface area (Å²) in [5.41, 5.74) is 1.79. The lowest BCUT2D eigenvalue weighted by atomic mass is 10.1. The van der Waals surface area contributed by atoms with Gasteiger partial charge in [0.2, 0.25) is 5.91 Å². The van der Waals surface area contributed by atoms with Crippen LogP contribution in [-0.4, -0.2) is 25.1 Å². The third kappa shape index (κ3) is 4.09. The number of amides is 1. The Morgan fingerprint density at radius 2 is 2.00 bits per heavy atom. The normalized spacial score (nSPS) is 10.5. The molecule has 5 nitrogen and oxygen atoms in total. The summed E-state index contributed by atoms with van der Waals surface area (Å²) in [6, 6.07) is 9.06. The summed E-state index contributed by atoms with van der Waals surface area (Å²) in [6.45, 7) is 1.94. The first-order valence-electron chi connectivity index (χ1n) is 6.76. The van der Waals surface area contributed by atoms with Crippen molar-refractivity contribution < 1.29 is 14.3 Å². The Labute approximate surface area is 129 Å². The molecule has 0 aliphatic heterocycles.